The molecule has 0 radical (unpaired) electrons. The van der Waals surface area contributed by atoms with Crippen molar-refractivity contribution in [1.82, 2.24) is 14.9 Å². The highest BCUT2D eigenvalue weighted by molar-refractivity contribution is 7.14. The zero-order valence-electron chi connectivity index (χ0n) is 17.2. The van der Waals surface area contributed by atoms with Crippen LogP contribution in [-0.2, 0) is 6.18 Å². The molecule has 0 spiro atoms. The molecule has 4 aromatic heterocycles. The number of fused-ring (bicyclic) bond motifs is 1. The summed E-state index contributed by atoms with van der Waals surface area (Å²) in [5, 5.41) is 9.84. The lowest BCUT2D eigenvalue weighted by atomic mass is 10.1. The fourth-order valence-corrected chi connectivity index (χ4v) is 5.06. The van der Waals surface area contributed by atoms with E-state index in [0.717, 1.165) is 16.6 Å². The largest absolute Gasteiger partial charge is 0.433 e. The summed E-state index contributed by atoms with van der Waals surface area (Å²) in [6.45, 7) is 1.97. The third-order valence-electron chi connectivity index (χ3n) is 5.45. The van der Waals surface area contributed by atoms with Crippen LogP contribution in [0.1, 0.15) is 5.69 Å². The summed E-state index contributed by atoms with van der Waals surface area (Å²) in [5.74, 6) is 0.573. The Hall–Kier alpha value is -3.18. The van der Waals surface area contributed by atoms with Gasteiger partial charge in [-0.2, -0.15) is 24.5 Å². The van der Waals surface area contributed by atoms with Crippen LogP contribution in [0.15, 0.2) is 52.7 Å². The normalized spacial score (nSPS) is 14.6. The average Bonchev–Trinajstić information content (AvgIpc) is 3.52. The molecule has 0 unspecified atom stereocenters. The Balaban J connectivity index is 1.43. The Labute approximate surface area is 195 Å². The molecule has 1 N–H and O–H groups in total. The maximum atomic E-state index is 13.4. The van der Waals surface area contributed by atoms with Gasteiger partial charge in [0, 0.05) is 43.3 Å². The highest BCUT2D eigenvalue weighted by Crippen LogP contribution is 2.36. The quantitative estimate of drug-likeness (QED) is 0.396. The van der Waals surface area contributed by atoms with Crippen molar-refractivity contribution in [2.24, 2.45) is 0 Å². The highest BCUT2D eigenvalue weighted by Gasteiger charge is 2.33. The second-order valence-electron chi connectivity index (χ2n) is 7.48. The maximum Gasteiger partial charge on any atom is 0.433 e. The van der Waals surface area contributed by atoms with Gasteiger partial charge in [-0.1, -0.05) is 0 Å². The highest BCUT2D eigenvalue weighted by atomic mass is 32.1. The molecule has 0 bridgehead atoms. The monoisotopic (exact) mass is 489 g/mol. The molecule has 0 saturated carbocycles. The minimum Gasteiger partial charge on any atom is -0.353 e. The van der Waals surface area contributed by atoms with Crippen molar-refractivity contribution in [2.45, 2.75) is 6.18 Å². The van der Waals surface area contributed by atoms with Crippen LogP contribution in [0, 0.1) is 0 Å². The Bertz CT molecular complexity index is 1270. The molecule has 0 atom stereocenters. The number of hydrogen-bond donors (Lipinski definition) is 1. The van der Waals surface area contributed by atoms with E-state index in [9.17, 15) is 18.0 Å². The number of urea groups is 1. The lowest BCUT2D eigenvalue weighted by Crippen LogP contribution is -2.50. The van der Waals surface area contributed by atoms with Gasteiger partial charge in [-0.05, 0) is 52.0 Å². The second kappa shape index (κ2) is 8.64. The van der Waals surface area contributed by atoms with Crippen LogP contribution in [0.5, 0.6) is 0 Å². The van der Waals surface area contributed by atoms with Gasteiger partial charge in [0.05, 0.1) is 10.5 Å². The van der Waals surface area contributed by atoms with Gasteiger partial charge < -0.3 is 9.80 Å². The molecular weight excluding hydrogens is 471 g/mol. The molecule has 4 aromatic rings. The standard InChI is InChI=1S/C22H18F3N5OS2/c23-22(24,25)17-4-3-15-19(27-17)16(14-5-11-32-13-14)12-26-20(15)29-6-8-30(9-7-29)21(31)28-18-2-1-10-33-18/h1-5,10-13H,6-9H2,(H,28,31). The first-order chi connectivity index (χ1) is 15.9. The van der Waals surface area contributed by atoms with Gasteiger partial charge in [-0.25, -0.2) is 14.8 Å². The number of nitrogens with one attached hydrogen (secondary N) is 1. The zero-order valence-corrected chi connectivity index (χ0v) is 18.8. The summed E-state index contributed by atoms with van der Waals surface area (Å²) in [6.07, 6.45) is -2.95. The minimum absolute atomic E-state index is 0.167. The third-order valence-corrected chi connectivity index (χ3v) is 6.92. The second-order valence-corrected chi connectivity index (χ2v) is 9.21. The number of rotatable bonds is 3. The van der Waals surface area contributed by atoms with Gasteiger partial charge in [0.15, 0.2) is 0 Å². The van der Waals surface area contributed by atoms with Crippen molar-refractivity contribution in [1.29, 1.82) is 0 Å². The predicted molar refractivity (Wildman–Crippen MR) is 125 cm³/mol. The maximum absolute atomic E-state index is 13.4. The number of anilines is 2. The average molecular weight is 490 g/mol. The first-order valence-corrected chi connectivity index (χ1v) is 12.0. The van der Waals surface area contributed by atoms with E-state index >= 15 is 0 Å². The topological polar surface area (TPSA) is 61.4 Å². The van der Waals surface area contributed by atoms with Crippen LogP contribution in [0.25, 0.3) is 22.0 Å². The molecule has 1 aliphatic rings. The number of nitrogens with zero attached hydrogens (tertiary/aromatic N) is 4. The van der Waals surface area contributed by atoms with E-state index < -0.39 is 11.9 Å². The van der Waals surface area contributed by atoms with Crippen LogP contribution in [-0.4, -0.2) is 47.1 Å². The number of aromatic nitrogens is 2. The molecular formula is C22H18F3N5OS2. The first-order valence-electron chi connectivity index (χ1n) is 10.1. The fraction of sp³-hybridized carbons (Fsp3) is 0.227. The number of carbonyl (C=O) groups is 1. The summed E-state index contributed by atoms with van der Waals surface area (Å²) in [4.78, 5) is 24.8. The lowest BCUT2D eigenvalue weighted by molar-refractivity contribution is -0.140. The zero-order chi connectivity index (χ0) is 23.0. The minimum atomic E-state index is -4.54. The summed E-state index contributed by atoms with van der Waals surface area (Å²) in [6, 6.07) is 7.82. The van der Waals surface area contributed by atoms with Crippen molar-refractivity contribution in [3.63, 3.8) is 0 Å². The number of carbonyl (C=O) groups excluding carboxylic acids is 1. The van der Waals surface area contributed by atoms with Gasteiger partial charge in [0.25, 0.3) is 0 Å². The van der Waals surface area contributed by atoms with Gasteiger partial charge in [-0.15, -0.1) is 11.3 Å². The van der Waals surface area contributed by atoms with E-state index in [-0.39, 0.29) is 11.5 Å². The van der Waals surface area contributed by atoms with E-state index in [0.29, 0.717) is 42.9 Å². The SMILES string of the molecule is O=C(Nc1cccs1)N1CCN(c2ncc(-c3ccsc3)c3nc(C(F)(F)F)ccc23)CC1. The van der Waals surface area contributed by atoms with E-state index in [1.165, 1.54) is 28.7 Å². The molecule has 0 aromatic carbocycles. The summed E-state index contributed by atoms with van der Waals surface area (Å²) in [7, 11) is 0. The lowest BCUT2D eigenvalue weighted by Gasteiger charge is -2.35. The van der Waals surface area contributed by atoms with E-state index in [2.05, 4.69) is 15.3 Å². The van der Waals surface area contributed by atoms with Gasteiger partial charge >= 0.3 is 12.2 Å². The molecule has 0 aliphatic carbocycles. The number of hydrogen-bond acceptors (Lipinski definition) is 6. The third kappa shape index (κ3) is 4.38. The van der Waals surface area contributed by atoms with Crippen molar-refractivity contribution in [3.05, 3.63) is 58.4 Å². The Morgan fingerprint density at radius 2 is 1.88 bits per heavy atom. The molecule has 1 fully saturated rings. The predicted octanol–water partition coefficient (Wildman–Crippen LogP) is 5.79. The molecule has 5 rings (SSSR count). The fourth-order valence-electron chi connectivity index (χ4n) is 3.80. The van der Waals surface area contributed by atoms with Gasteiger partial charge in [0.2, 0.25) is 0 Å². The summed E-state index contributed by atoms with van der Waals surface area (Å²) < 4.78 is 40.1. The number of pyridine rings is 2. The van der Waals surface area contributed by atoms with Gasteiger partial charge in [-0.3, -0.25) is 5.32 Å². The summed E-state index contributed by atoms with van der Waals surface area (Å²) >= 11 is 2.91. The van der Waals surface area contributed by atoms with Crippen molar-refractivity contribution >= 4 is 50.4 Å². The Kier molecular flexibility index (Phi) is 5.67. The van der Waals surface area contributed by atoms with Crippen LogP contribution >= 0.6 is 22.7 Å². The number of thiophene rings is 2. The van der Waals surface area contributed by atoms with Crippen molar-refractivity contribution in [3.8, 4) is 11.1 Å². The van der Waals surface area contributed by atoms with Crippen molar-refractivity contribution < 1.29 is 18.0 Å². The van der Waals surface area contributed by atoms with Crippen LogP contribution < -0.4 is 10.2 Å². The summed E-state index contributed by atoms with van der Waals surface area (Å²) in [5.41, 5.74) is 0.686. The molecule has 6 nitrogen and oxygen atoms in total. The first kappa shape index (κ1) is 21.7. The van der Waals surface area contributed by atoms with Crippen molar-refractivity contribution in [2.75, 3.05) is 36.4 Å². The number of amides is 2. The number of alkyl halides is 3. The number of piperazine rings is 1. The van der Waals surface area contributed by atoms with Crippen LogP contribution in [0.2, 0.25) is 0 Å². The molecule has 1 aliphatic heterocycles. The van der Waals surface area contributed by atoms with Crippen LogP contribution in [0.3, 0.4) is 0 Å². The Morgan fingerprint density at radius 3 is 2.55 bits per heavy atom. The van der Waals surface area contributed by atoms with E-state index in [1.54, 1.807) is 11.1 Å². The molecule has 170 valence electrons. The van der Waals surface area contributed by atoms with Crippen LogP contribution in [0.4, 0.5) is 28.8 Å². The smallest absolute Gasteiger partial charge is 0.353 e. The molecule has 11 heteroatoms. The van der Waals surface area contributed by atoms with E-state index in [1.807, 2.05) is 39.2 Å². The molecule has 1 saturated heterocycles. The molecule has 33 heavy (non-hydrogen) atoms. The van der Waals surface area contributed by atoms with E-state index in [4.69, 9.17) is 0 Å². The molecule has 5 heterocycles. The Morgan fingerprint density at radius 1 is 1.06 bits per heavy atom. The number of halogens is 3. The van der Waals surface area contributed by atoms with Gasteiger partial charge in [0.1, 0.15) is 11.5 Å². The molecule has 2 amide bonds.